The van der Waals surface area contributed by atoms with Crippen LogP contribution < -0.4 is 14.8 Å². The van der Waals surface area contributed by atoms with Gasteiger partial charge in [0.2, 0.25) is 0 Å². The van der Waals surface area contributed by atoms with Gasteiger partial charge in [-0.15, -0.1) is 0 Å². The van der Waals surface area contributed by atoms with Crippen LogP contribution in [0.3, 0.4) is 0 Å². The van der Waals surface area contributed by atoms with Gasteiger partial charge < -0.3 is 14.8 Å². The number of hydrogen-bond donors (Lipinski definition) is 1. The number of ether oxygens (including phenoxy) is 2. The summed E-state index contributed by atoms with van der Waals surface area (Å²) in [6.45, 7) is 2.95. The van der Waals surface area contributed by atoms with Crippen molar-refractivity contribution < 1.29 is 9.47 Å². The van der Waals surface area contributed by atoms with Crippen molar-refractivity contribution in [3.05, 3.63) is 41.7 Å². The van der Waals surface area contributed by atoms with Crippen molar-refractivity contribution in [1.29, 1.82) is 0 Å². The fourth-order valence-corrected chi connectivity index (χ4v) is 2.96. The van der Waals surface area contributed by atoms with Gasteiger partial charge in [-0.2, -0.15) is 5.10 Å². The van der Waals surface area contributed by atoms with Crippen molar-refractivity contribution in [1.82, 2.24) is 15.1 Å². The minimum atomic E-state index is 0.0462. The third-order valence-corrected chi connectivity index (χ3v) is 3.93. The number of aromatic nitrogens is 2. The predicted molar refractivity (Wildman–Crippen MR) is 80.7 cm³/mol. The Balaban J connectivity index is 1.91. The van der Waals surface area contributed by atoms with E-state index in [2.05, 4.69) is 29.5 Å². The molecule has 0 spiro atoms. The first kappa shape index (κ1) is 13.9. The van der Waals surface area contributed by atoms with Gasteiger partial charge in [0.25, 0.3) is 0 Å². The summed E-state index contributed by atoms with van der Waals surface area (Å²) < 4.78 is 13.5. The Labute approximate surface area is 124 Å². The molecule has 2 heterocycles. The lowest BCUT2D eigenvalue weighted by atomic mass is 10.0. The summed E-state index contributed by atoms with van der Waals surface area (Å²) in [5, 5.41) is 7.82. The Hall–Kier alpha value is -2.01. The molecule has 0 amide bonds. The van der Waals surface area contributed by atoms with Gasteiger partial charge in [0, 0.05) is 13.5 Å². The maximum absolute atomic E-state index is 6.14. The molecular formula is C16H21N3O2. The summed E-state index contributed by atoms with van der Waals surface area (Å²) in [5.74, 6) is 1.77. The fourth-order valence-electron chi connectivity index (χ4n) is 2.96. The summed E-state index contributed by atoms with van der Waals surface area (Å²) >= 11 is 0. The highest BCUT2D eigenvalue weighted by atomic mass is 16.5. The summed E-state index contributed by atoms with van der Waals surface area (Å²) in [6, 6.07) is 8.26. The lowest BCUT2D eigenvalue weighted by Crippen LogP contribution is -2.36. The van der Waals surface area contributed by atoms with E-state index < -0.39 is 0 Å². The summed E-state index contributed by atoms with van der Waals surface area (Å²) in [4.78, 5) is 0. The molecule has 21 heavy (non-hydrogen) atoms. The molecular weight excluding hydrogens is 266 g/mol. The molecule has 0 fully saturated rings. The molecule has 1 aromatic carbocycles. The van der Waals surface area contributed by atoms with Gasteiger partial charge in [0.15, 0.2) is 5.75 Å². The Morgan fingerprint density at radius 1 is 1.48 bits per heavy atom. The topological polar surface area (TPSA) is 48.3 Å². The third kappa shape index (κ3) is 2.49. The molecule has 2 atom stereocenters. The lowest BCUT2D eigenvalue weighted by molar-refractivity contribution is 0.172. The van der Waals surface area contributed by atoms with E-state index in [-0.39, 0.29) is 12.1 Å². The van der Waals surface area contributed by atoms with E-state index in [1.807, 2.05) is 23.9 Å². The molecule has 2 unspecified atom stereocenters. The molecule has 0 bridgehead atoms. The number of methoxy groups -OCH3 is 1. The average molecular weight is 287 g/mol. The summed E-state index contributed by atoms with van der Waals surface area (Å²) in [7, 11) is 3.61. The second kappa shape index (κ2) is 5.77. The number of benzene rings is 1. The number of aryl methyl sites for hydroxylation is 1. The van der Waals surface area contributed by atoms with Crippen LogP contribution in [0.2, 0.25) is 0 Å². The van der Waals surface area contributed by atoms with Gasteiger partial charge in [-0.05, 0) is 18.2 Å². The van der Waals surface area contributed by atoms with Crippen LogP contribution in [0.15, 0.2) is 30.5 Å². The van der Waals surface area contributed by atoms with E-state index in [0.29, 0.717) is 0 Å². The molecule has 0 radical (unpaired) electrons. The van der Waals surface area contributed by atoms with Gasteiger partial charge in [0.1, 0.15) is 17.5 Å². The molecule has 3 rings (SSSR count). The van der Waals surface area contributed by atoms with Crippen LogP contribution in [-0.2, 0) is 13.5 Å². The van der Waals surface area contributed by atoms with Gasteiger partial charge >= 0.3 is 0 Å². The molecule has 2 aromatic rings. The van der Waals surface area contributed by atoms with E-state index in [1.54, 1.807) is 13.3 Å². The summed E-state index contributed by atoms with van der Waals surface area (Å²) in [5.41, 5.74) is 2.28. The van der Waals surface area contributed by atoms with Gasteiger partial charge in [-0.3, -0.25) is 4.68 Å². The van der Waals surface area contributed by atoms with Crippen LogP contribution in [0.4, 0.5) is 0 Å². The highest BCUT2D eigenvalue weighted by Gasteiger charge is 2.34. The Kier molecular flexibility index (Phi) is 3.84. The lowest BCUT2D eigenvalue weighted by Gasteiger charge is -2.25. The predicted octanol–water partition coefficient (Wildman–Crippen LogP) is 2.08. The van der Waals surface area contributed by atoms with Crippen molar-refractivity contribution in [2.75, 3.05) is 13.7 Å². The van der Waals surface area contributed by atoms with Crippen LogP contribution in [0.5, 0.6) is 11.5 Å². The zero-order chi connectivity index (χ0) is 14.8. The number of nitrogens with zero attached hydrogens (tertiary/aromatic N) is 2. The Bertz CT molecular complexity index is 599. The smallest absolute Gasteiger partial charge is 0.161 e. The number of fused-ring (bicyclic) bond motifs is 1. The van der Waals surface area contributed by atoms with Crippen molar-refractivity contribution in [2.24, 2.45) is 7.05 Å². The normalized spacial score (nSPS) is 18.1. The fraction of sp³-hybridized carbons (Fsp3) is 0.438. The highest BCUT2D eigenvalue weighted by molar-refractivity contribution is 5.39. The van der Waals surface area contributed by atoms with Gasteiger partial charge in [-0.25, -0.2) is 0 Å². The van der Waals surface area contributed by atoms with E-state index in [4.69, 9.17) is 9.47 Å². The maximum Gasteiger partial charge on any atom is 0.161 e. The molecule has 0 aliphatic carbocycles. The van der Waals surface area contributed by atoms with Crippen molar-refractivity contribution >= 4 is 0 Å². The molecule has 112 valence electrons. The van der Waals surface area contributed by atoms with Crippen LogP contribution in [0, 0.1) is 0 Å². The molecule has 0 saturated heterocycles. The SMILES string of the molecule is CCNC(c1c(OC)cnn1C)C1Cc2ccccc2O1. The van der Waals surface area contributed by atoms with Crippen LogP contribution >= 0.6 is 0 Å². The van der Waals surface area contributed by atoms with E-state index in [1.165, 1.54) is 5.56 Å². The van der Waals surface area contributed by atoms with Crippen LogP contribution in [-0.4, -0.2) is 29.5 Å². The van der Waals surface area contributed by atoms with Crippen LogP contribution in [0.25, 0.3) is 0 Å². The molecule has 1 aliphatic heterocycles. The zero-order valence-electron chi connectivity index (χ0n) is 12.7. The van der Waals surface area contributed by atoms with Gasteiger partial charge in [0.05, 0.1) is 19.3 Å². The number of hydrogen-bond acceptors (Lipinski definition) is 4. The Morgan fingerprint density at radius 3 is 3.00 bits per heavy atom. The number of rotatable bonds is 5. The first-order valence-electron chi connectivity index (χ1n) is 7.28. The molecule has 1 N–H and O–H groups in total. The van der Waals surface area contributed by atoms with E-state index in [0.717, 1.165) is 30.2 Å². The largest absolute Gasteiger partial charge is 0.493 e. The highest BCUT2D eigenvalue weighted by Crippen LogP contribution is 2.36. The van der Waals surface area contributed by atoms with E-state index in [9.17, 15) is 0 Å². The monoisotopic (exact) mass is 287 g/mol. The van der Waals surface area contributed by atoms with E-state index >= 15 is 0 Å². The minimum absolute atomic E-state index is 0.0462. The third-order valence-electron chi connectivity index (χ3n) is 3.93. The molecule has 5 nitrogen and oxygen atoms in total. The van der Waals surface area contributed by atoms with Crippen molar-refractivity contribution in [2.45, 2.75) is 25.5 Å². The molecule has 0 saturated carbocycles. The second-order valence-electron chi connectivity index (χ2n) is 5.23. The quantitative estimate of drug-likeness (QED) is 0.914. The van der Waals surface area contributed by atoms with Gasteiger partial charge in [-0.1, -0.05) is 25.1 Å². The minimum Gasteiger partial charge on any atom is -0.493 e. The first-order chi connectivity index (χ1) is 10.2. The summed E-state index contributed by atoms with van der Waals surface area (Å²) in [6.07, 6.45) is 2.69. The number of nitrogens with one attached hydrogen (secondary N) is 1. The number of para-hydroxylation sites is 1. The molecule has 1 aliphatic rings. The Morgan fingerprint density at radius 2 is 2.29 bits per heavy atom. The maximum atomic E-state index is 6.14. The molecule has 5 heteroatoms. The first-order valence-corrected chi connectivity index (χ1v) is 7.28. The van der Waals surface area contributed by atoms with Crippen molar-refractivity contribution in [3.8, 4) is 11.5 Å². The number of likely N-dealkylation sites (N-methyl/N-ethyl adjacent to an activating group) is 1. The standard InChI is InChI=1S/C16H21N3O2/c1-4-17-15(16-14(20-3)10-18-19(16)2)13-9-11-7-5-6-8-12(11)21-13/h5-8,10,13,15,17H,4,9H2,1-3H3. The second-order valence-corrected chi connectivity index (χ2v) is 5.23. The van der Waals surface area contributed by atoms with Crippen LogP contribution in [0.1, 0.15) is 24.2 Å². The van der Waals surface area contributed by atoms with Crippen molar-refractivity contribution in [3.63, 3.8) is 0 Å². The molecule has 1 aromatic heterocycles. The average Bonchev–Trinajstić information content (AvgIpc) is 3.08. The zero-order valence-corrected chi connectivity index (χ0v) is 12.7.